The summed E-state index contributed by atoms with van der Waals surface area (Å²) in [5.74, 6) is 2.55. The molecule has 8 heteroatoms. The summed E-state index contributed by atoms with van der Waals surface area (Å²) in [6.07, 6.45) is 3.85. The molecule has 3 rings (SSSR count). The molecular weight excluding hydrogens is 368 g/mol. The molecule has 8 nitrogen and oxygen atoms in total. The molecule has 0 saturated carbocycles. The average molecular weight is 401 g/mol. The van der Waals surface area contributed by atoms with E-state index in [9.17, 15) is 4.79 Å². The number of aromatic nitrogens is 3. The normalized spacial score (nSPS) is 13.8. The molecule has 2 N–H and O–H groups in total. The molecule has 158 valence electrons. The van der Waals surface area contributed by atoms with Crippen LogP contribution in [0.25, 0.3) is 0 Å². The highest BCUT2D eigenvalue weighted by molar-refractivity contribution is 5.79. The lowest BCUT2D eigenvalue weighted by atomic mass is 10.2. The Labute approximate surface area is 172 Å². The maximum atomic E-state index is 12.3. The van der Waals surface area contributed by atoms with Gasteiger partial charge >= 0.3 is 5.69 Å². The predicted molar refractivity (Wildman–Crippen MR) is 115 cm³/mol. The van der Waals surface area contributed by atoms with Crippen LogP contribution in [0.15, 0.2) is 34.1 Å². The van der Waals surface area contributed by atoms with Crippen LogP contribution in [0.5, 0.6) is 5.75 Å². The largest absolute Gasteiger partial charge is 0.492 e. The predicted octanol–water partition coefficient (Wildman–Crippen LogP) is 1.71. The van der Waals surface area contributed by atoms with Crippen molar-refractivity contribution >= 4 is 5.96 Å². The number of rotatable bonds is 9. The molecule has 0 bridgehead atoms. The molecule has 0 aliphatic carbocycles. The van der Waals surface area contributed by atoms with Gasteiger partial charge in [-0.25, -0.2) is 9.48 Å². The van der Waals surface area contributed by atoms with E-state index in [0.717, 1.165) is 56.3 Å². The first-order valence-corrected chi connectivity index (χ1v) is 10.6. The van der Waals surface area contributed by atoms with Crippen LogP contribution in [0, 0.1) is 6.92 Å². The zero-order valence-electron chi connectivity index (χ0n) is 17.5. The number of nitrogens with zero attached hydrogens (tertiary/aromatic N) is 4. The number of hydrogen-bond acceptors (Lipinski definition) is 4. The Morgan fingerprint density at radius 1 is 1.24 bits per heavy atom. The number of nitrogens with one attached hydrogen (secondary N) is 2. The number of aryl methyl sites for hydroxylation is 3. The molecule has 29 heavy (non-hydrogen) atoms. The summed E-state index contributed by atoms with van der Waals surface area (Å²) < 4.78 is 9.13. The van der Waals surface area contributed by atoms with Crippen molar-refractivity contribution in [2.45, 2.75) is 52.6 Å². The summed E-state index contributed by atoms with van der Waals surface area (Å²) in [6.45, 7) is 8.12. The van der Waals surface area contributed by atoms with Gasteiger partial charge in [0.2, 0.25) is 0 Å². The molecule has 0 fully saturated rings. The van der Waals surface area contributed by atoms with Gasteiger partial charge in [0.05, 0.1) is 6.54 Å². The number of guanidine groups is 1. The summed E-state index contributed by atoms with van der Waals surface area (Å²) in [6, 6.07) is 8.03. The zero-order chi connectivity index (χ0) is 20.5. The van der Waals surface area contributed by atoms with Gasteiger partial charge in [0, 0.05) is 32.6 Å². The standard InChI is InChI=1S/C21H32N6O2/c1-3-22-20(24-13-16-29-18-10-8-17(2)9-11-18)23-12-6-15-27-21(28)26-14-5-4-7-19(26)25-27/h8-11H,3-7,12-16H2,1-2H3,(H2,22,23,24). The first-order valence-electron chi connectivity index (χ1n) is 10.6. The second kappa shape index (κ2) is 10.7. The summed E-state index contributed by atoms with van der Waals surface area (Å²) in [5, 5.41) is 11.0. The SMILES string of the molecule is CCNC(=NCCCn1nc2n(c1=O)CCCC2)NCCOc1ccc(C)cc1. The Bertz CT molecular complexity index is 853. The Kier molecular flexibility index (Phi) is 7.72. The Balaban J connectivity index is 1.41. The van der Waals surface area contributed by atoms with E-state index < -0.39 is 0 Å². The highest BCUT2D eigenvalue weighted by atomic mass is 16.5. The highest BCUT2D eigenvalue weighted by Gasteiger charge is 2.16. The molecule has 0 saturated heterocycles. The number of benzene rings is 1. The molecule has 2 heterocycles. The average Bonchev–Trinajstić information content (AvgIpc) is 3.05. The van der Waals surface area contributed by atoms with Crippen molar-refractivity contribution in [3.8, 4) is 5.75 Å². The Hall–Kier alpha value is -2.77. The third kappa shape index (κ3) is 6.10. The number of fused-ring (bicyclic) bond motifs is 1. The van der Waals surface area contributed by atoms with Crippen molar-refractivity contribution in [2.24, 2.45) is 4.99 Å². The molecule has 0 radical (unpaired) electrons. The fraction of sp³-hybridized carbons (Fsp3) is 0.571. The van der Waals surface area contributed by atoms with Gasteiger partial charge in [0.25, 0.3) is 0 Å². The fourth-order valence-corrected chi connectivity index (χ4v) is 3.32. The van der Waals surface area contributed by atoms with Gasteiger partial charge in [-0.1, -0.05) is 17.7 Å². The molecule has 0 atom stereocenters. The number of ether oxygens (including phenoxy) is 1. The molecular formula is C21H32N6O2. The number of hydrogen-bond donors (Lipinski definition) is 2. The van der Waals surface area contributed by atoms with Gasteiger partial charge in [-0.3, -0.25) is 9.56 Å². The van der Waals surface area contributed by atoms with Crippen molar-refractivity contribution in [3.63, 3.8) is 0 Å². The topological polar surface area (TPSA) is 85.5 Å². The van der Waals surface area contributed by atoms with Crippen LogP contribution in [0.2, 0.25) is 0 Å². The quantitative estimate of drug-likeness (QED) is 0.380. The minimum atomic E-state index is 0.0157. The van der Waals surface area contributed by atoms with Crippen LogP contribution in [0.1, 0.15) is 37.6 Å². The van der Waals surface area contributed by atoms with Crippen molar-refractivity contribution in [1.29, 1.82) is 0 Å². The fourth-order valence-electron chi connectivity index (χ4n) is 3.32. The first-order chi connectivity index (χ1) is 14.2. The number of aliphatic imine (C=N–C) groups is 1. The van der Waals surface area contributed by atoms with Crippen LogP contribution < -0.4 is 21.1 Å². The molecule has 1 aromatic heterocycles. The van der Waals surface area contributed by atoms with Gasteiger partial charge < -0.3 is 15.4 Å². The van der Waals surface area contributed by atoms with Crippen LogP contribution in [0.3, 0.4) is 0 Å². The summed E-state index contributed by atoms with van der Waals surface area (Å²) in [5.41, 5.74) is 1.23. The van der Waals surface area contributed by atoms with Gasteiger partial charge in [0.1, 0.15) is 18.2 Å². The van der Waals surface area contributed by atoms with Gasteiger partial charge in [-0.05, 0) is 45.2 Å². The van der Waals surface area contributed by atoms with E-state index in [1.54, 1.807) is 4.68 Å². The van der Waals surface area contributed by atoms with Crippen molar-refractivity contribution in [1.82, 2.24) is 25.0 Å². The second-order valence-electron chi connectivity index (χ2n) is 7.23. The second-order valence-corrected chi connectivity index (χ2v) is 7.23. The third-order valence-electron chi connectivity index (χ3n) is 4.86. The molecule has 0 spiro atoms. The van der Waals surface area contributed by atoms with Gasteiger partial charge in [0.15, 0.2) is 5.96 Å². The molecule has 1 aliphatic rings. The summed E-state index contributed by atoms with van der Waals surface area (Å²) >= 11 is 0. The van der Waals surface area contributed by atoms with E-state index in [1.165, 1.54) is 5.56 Å². The molecule has 1 aliphatic heterocycles. The Morgan fingerprint density at radius 2 is 2.07 bits per heavy atom. The van der Waals surface area contributed by atoms with E-state index in [4.69, 9.17) is 4.74 Å². The third-order valence-corrected chi connectivity index (χ3v) is 4.86. The van der Waals surface area contributed by atoms with E-state index in [-0.39, 0.29) is 5.69 Å². The molecule has 2 aromatic rings. The molecule has 0 unspecified atom stereocenters. The zero-order valence-corrected chi connectivity index (χ0v) is 17.5. The highest BCUT2D eigenvalue weighted by Crippen LogP contribution is 2.11. The monoisotopic (exact) mass is 400 g/mol. The molecule has 1 aromatic carbocycles. The summed E-state index contributed by atoms with van der Waals surface area (Å²) in [7, 11) is 0. The minimum Gasteiger partial charge on any atom is -0.492 e. The van der Waals surface area contributed by atoms with Crippen molar-refractivity contribution in [3.05, 3.63) is 46.1 Å². The van der Waals surface area contributed by atoms with Gasteiger partial charge in [-0.2, -0.15) is 5.10 Å². The lowest BCUT2D eigenvalue weighted by molar-refractivity contribution is 0.322. The Morgan fingerprint density at radius 3 is 2.83 bits per heavy atom. The maximum Gasteiger partial charge on any atom is 0.345 e. The van der Waals surface area contributed by atoms with Crippen molar-refractivity contribution < 1.29 is 4.74 Å². The van der Waals surface area contributed by atoms with Crippen molar-refractivity contribution in [2.75, 3.05) is 26.2 Å². The lowest BCUT2D eigenvalue weighted by Crippen LogP contribution is -2.39. The van der Waals surface area contributed by atoms with Crippen LogP contribution in [-0.2, 0) is 19.5 Å². The first kappa shape index (κ1) is 21.0. The lowest BCUT2D eigenvalue weighted by Gasteiger charge is -2.12. The smallest absolute Gasteiger partial charge is 0.345 e. The van der Waals surface area contributed by atoms with Crippen LogP contribution >= 0.6 is 0 Å². The van der Waals surface area contributed by atoms with E-state index in [0.29, 0.717) is 26.2 Å². The van der Waals surface area contributed by atoms with Gasteiger partial charge in [-0.15, -0.1) is 0 Å². The van der Waals surface area contributed by atoms with Crippen LogP contribution in [-0.4, -0.2) is 46.5 Å². The van der Waals surface area contributed by atoms with E-state index >= 15 is 0 Å². The summed E-state index contributed by atoms with van der Waals surface area (Å²) in [4.78, 5) is 16.9. The van der Waals surface area contributed by atoms with E-state index in [2.05, 4.69) is 27.6 Å². The minimum absolute atomic E-state index is 0.0157. The molecule has 0 amide bonds. The van der Waals surface area contributed by atoms with E-state index in [1.807, 2.05) is 35.8 Å². The van der Waals surface area contributed by atoms with Crippen LogP contribution in [0.4, 0.5) is 0 Å². The maximum absolute atomic E-state index is 12.3.